The average molecular weight is 260 g/mol. The maximum Gasteiger partial charge on any atom is 0.0962 e. The highest BCUT2D eigenvalue weighted by Gasteiger charge is 1.97. The van der Waals surface area contributed by atoms with E-state index in [1.807, 2.05) is 0 Å². The number of hydrogen-bond donors (Lipinski definition) is 3. The molecular formula is C14H32N2O2. The van der Waals surface area contributed by atoms with Gasteiger partial charge in [-0.2, -0.15) is 0 Å². The van der Waals surface area contributed by atoms with E-state index in [4.69, 9.17) is 5.21 Å². The fourth-order valence-corrected chi connectivity index (χ4v) is 2.13. The summed E-state index contributed by atoms with van der Waals surface area (Å²) in [5.74, 6) is 0.848. The Morgan fingerprint density at radius 2 is 1.33 bits per heavy atom. The summed E-state index contributed by atoms with van der Waals surface area (Å²) in [5, 5.41) is 18.8. The molecule has 0 aliphatic carbocycles. The van der Waals surface area contributed by atoms with Crippen LogP contribution in [0.3, 0.4) is 0 Å². The number of nitrogens with one attached hydrogen (secondary N) is 2. The molecule has 1 unspecified atom stereocenters. The first-order valence-corrected chi connectivity index (χ1v) is 7.59. The van der Waals surface area contributed by atoms with Crippen molar-refractivity contribution in [2.75, 3.05) is 6.54 Å². The van der Waals surface area contributed by atoms with Gasteiger partial charge in [-0.05, 0) is 24.3 Å². The predicted octanol–water partition coefficient (Wildman–Crippen LogP) is 2.82. The van der Waals surface area contributed by atoms with Gasteiger partial charge in [0.1, 0.15) is 0 Å². The molecule has 1 atom stereocenters. The van der Waals surface area contributed by atoms with Gasteiger partial charge in [0, 0.05) is 0 Å². The predicted molar refractivity (Wildman–Crippen MR) is 75.1 cm³/mol. The minimum absolute atomic E-state index is 0.264. The Morgan fingerprint density at radius 1 is 0.889 bits per heavy atom. The summed E-state index contributed by atoms with van der Waals surface area (Å²) in [6.07, 6.45) is 12.7. The van der Waals surface area contributed by atoms with Crippen LogP contribution in [-0.2, 0) is 0 Å². The molecule has 0 aromatic carbocycles. The van der Waals surface area contributed by atoms with Crippen LogP contribution < -0.4 is 10.8 Å². The third-order valence-corrected chi connectivity index (χ3v) is 3.31. The highest BCUT2D eigenvalue weighted by atomic mass is 16.7. The lowest BCUT2D eigenvalue weighted by Gasteiger charge is -2.17. The van der Waals surface area contributed by atoms with Gasteiger partial charge >= 0.3 is 0 Å². The second-order valence-electron chi connectivity index (χ2n) is 5.65. The molecule has 0 radical (unpaired) electrons. The van der Waals surface area contributed by atoms with E-state index in [0.29, 0.717) is 6.54 Å². The van der Waals surface area contributed by atoms with Crippen molar-refractivity contribution < 1.29 is 10.4 Å². The van der Waals surface area contributed by atoms with E-state index in [2.05, 4.69) is 13.8 Å². The van der Waals surface area contributed by atoms with E-state index in [0.717, 1.165) is 18.8 Å². The summed E-state index contributed by atoms with van der Waals surface area (Å²) in [5.41, 5.74) is 1.66. The molecule has 0 aromatic heterocycles. The van der Waals surface area contributed by atoms with E-state index in [1.165, 1.54) is 51.4 Å². The molecule has 0 bridgehead atoms. The standard InChI is InChI=1S/C14H32N2O2/c1-14(2)12-10-8-6-4-3-5-7-9-11-13-16(18)15-17/h14-17H,3-13H2,1-2H3. The van der Waals surface area contributed by atoms with Crippen molar-refractivity contribution in [1.82, 2.24) is 5.59 Å². The summed E-state index contributed by atoms with van der Waals surface area (Å²) >= 11 is 0. The summed E-state index contributed by atoms with van der Waals surface area (Å²) in [6.45, 7) is 5.03. The van der Waals surface area contributed by atoms with E-state index >= 15 is 0 Å². The lowest BCUT2D eigenvalue weighted by atomic mass is 10.0. The number of hydroxylamine groups is 1. The highest BCUT2D eigenvalue weighted by Crippen LogP contribution is 2.12. The molecule has 18 heavy (non-hydrogen) atoms. The number of unbranched alkanes of at least 4 members (excludes halogenated alkanes) is 8. The molecule has 3 N–H and O–H groups in total. The van der Waals surface area contributed by atoms with Crippen LogP contribution in [0, 0.1) is 11.1 Å². The van der Waals surface area contributed by atoms with Crippen molar-refractivity contribution >= 4 is 0 Å². The van der Waals surface area contributed by atoms with Gasteiger partial charge < -0.3 is 5.21 Å². The van der Waals surface area contributed by atoms with Crippen molar-refractivity contribution in [3.05, 3.63) is 5.21 Å². The number of hydrogen-bond acceptors (Lipinski definition) is 3. The Hall–Kier alpha value is -0.160. The third kappa shape index (κ3) is 13.9. The molecule has 0 aliphatic heterocycles. The van der Waals surface area contributed by atoms with E-state index in [1.54, 1.807) is 5.59 Å². The summed E-state index contributed by atoms with van der Waals surface area (Å²) < 4.78 is 0. The van der Waals surface area contributed by atoms with Crippen molar-refractivity contribution in [3.63, 3.8) is 0 Å². The van der Waals surface area contributed by atoms with Crippen LogP contribution >= 0.6 is 0 Å². The zero-order valence-electron chi connectivity index (χ0n) is 12.2. The van der Waals surface area contributed by atoms with Gasteiger partial charge in [0.25, 0.3) is 0 Å². The quantitative estimate of drug-likeness (QED) is 0.352. The monoisotopic (exact) mass is 260 g/mol. The molecule has 0 fully saturated rings. The summed E-state index contributed by atoms with van der Waals surface area (Å²) in [7, 11) is 0. The molecular weight excluding hydrogens is 228 g/mol. The molecule has 0 spiro atoms. The number of rotatable bonds is 13. The van der Waals surface area contributed by atoms with Crippen molar-refractivity contribution in [2.45, 2.75) is 78.1 Å². The van der Waals surface area contributed by atoms with Crippen LogP contribution in [0.15, 0.2) is 0 Å². The average Bonchev–Trinajstić information content (AvgIpc) is 2.35. The molecule has 4 nitrogen and oxygen atoms in total. The Bertz CT molecular complexity index is 166. The lowest BCUT2D eigenvalue weighted by molar-refractivity contribution is -0.926. The van der Waals surface area contributed by atoms with Crippen molar-refractivity contribution in [1.29, 1.82) is 0 Å². The minimum Gasteiger partial charge on any atom is -0.611 e. The molecule has 0 amide bonds. The molecule has 0 aliphatic rings. The fourth-order valence-electron chi connectivity index (χ4n) is 2.13. The minimum atomic E-state index is -0.264. The first kappa shape index (κ1) is 17.8. The largest absolute Gasteiger partial charge is 0.611 e. The van der Waals surface area contributed by atoms with E-state index < -0.39 is 0 Å². The lowest BCUT2D eigenvalue weighted by Crippen LogP contribution is -3.13. The van der Waals surface area contributed by atoms with Crippen LogP contribution in [0.2, 0.25) is 0 Å². The molecule has 4 heteroatoms. The second kappa shape index (κ2) is 13.3. The van der Waals surface area contributed by atoms with Gasteiger partial charge in [-0.25, -0.2) is 0 Å². The topological polar surface area (TPSA) is 59.8 Å². The van der Waals surface area contributed by atoms with E-state index in [9.17, 15) is 5.21 Å². The van der Waals surface area contributed by atoms with Gasteiger partial charge in [0.2, 0.25) is 0 Å². The van der Waals surface area contributed by atoms with Crippen LogP contribution in [0.5, 0.6) is 0 Å². The zero-order valence-corrected chi connectivity index (χ0v) is 12.2. The second-order valence-corrected chi connectivity index (χ2v) is 5.65. The fraction of sp³-hybridized carbons (Fsp3) is 1.00. The van der Waals surface area contributed by atoms with Crippen LogP contribution in [0.25, 0.3) is 0 Å². The Kier molecular flexibility index (Phi) is 13.2. The summed E-state index contributed by atoms with van der Waals surface area (Å²) in [4.78, 5) is 0. The molecule has 0 saturated carbocycles. The smallest absolute Gasteiger partial charge is 0.0962 e. The Balaban J connectivity index is 2.99. The van der Waals surface area contributed by atoms with Gasteiger partial charge in [0.15, 0.2) is 0 Å². The molecule has 0 saturated heterocycles. The Morgan fingerprint density at radius 3 is 1.78 bits per heavy atom. The van der Waals surface area contributed by atoms with Crippen molar-refractivity contribution in [2.24, 2.45) is 5.92 Å². The van der Waals surface area contributed by atoms with Gasteiger partial charge in [0.05, 0.1) is 6.54 Å². The Labute approximate surface area is 112 Å². The van der Waals surface area contributed by atoms with Crippen LogP contribution in [0.4, 0.5) is 0 Å². The molecule has 0 heterocycles. The maximum atomic E-state index is 10.7. The van der Waals surface area contributed by atoms with Gasteiger partial charge in [-0.3, -0.25) is 10.4 Å². The molecule has 110 valence electrons. The van der Waals surface area contributed by atoms with Crippen molar-refractivity contribution in [3.8, 4) is 0 Å². The van der Waals surface area contributed by atoms with E-state index in [-0.39, 0.29) is 5.17 Å². The highest BCUT2D eigenvalue weighted by molar-refractivity contribution is 4.49. The molecule has 0 aromatic rings. The first-order chi connectivity index (χ1) is 8.66. The number of quaternary nitrogens is 1. The normalized spacial score (nSPS) is 13.2. The molecule has 0 rings (SSSR count). The summed E-state index contributed by atoms with van der Waals surface area (Å²) in [6, 6.07) is 0. The van der Waals surface area contributed by atoms with Gasteiger partial charge in [-0.1, -0.05) is 65.2 Å². The van der Waals surface area contributed by atoms with Gasteiger partial charge in [-0.15, -0.1) is 0 Å². The zero-order chi connectivity index (χ0) is 13.6. The SMILES string of the molecule is CC(C)CCCCCCCCCCC[NH+]([O-])NO. The maximum absolute atomic E-state index is 10.7. The van der Waals surface area contributed by atoms with Crippen LogP contribution in [-0.4, -0.2) is 11.8 Å². The third-order valence-electron chi connectivity index (χ3n) is 3.31. The first-order valence-electron chi connectivity index (χ1n) is 7.59. The van der Waals surface area contributed by atoms with Crippen LogP contribution in [0.1, 0.15) is 78.1 Å².